The number of methoxy groups -OCH3 is 2. The lowest BCUT2D eigenvalue weighted by Gasteiger charge is -2.10. The maximum Gasteiger partial charge on any atom is 0.259 e. The predicted molar refractivity (Wildman–Crippen MR) is 113 cm³/mol. The van der Waals surface area contributed by atoms with Crippen molar-refractivity contribution in [3.63, 3.8) is 0 Å². The van der Waals surface area contributed by atoms with Gasteiger partial charge in [-0.15, -0.1) is 0 Å². The highest BCUT2D eigenvalue weighted by molar-refractivity contribution is 6.31. The van der Waals surface area contributed by atoms with Crippen LogP contribution in [0, 0.1) is 0 Å². The monoisotopic (exact) mass is 404 g/mol. The van der Waals surface area contributed by atoms with Gasteiger partial charge in [0.2, 0.25) is 0 Å². The van der Waals surface area contributed by atoms with Gasteiger partial charge in [-0.25, -0.2) is 0 Å². The molecule has 0 unspecified atom stereocenters. The SMILES string of the molecule is COc1cccc(NC(=O)/C(=C/c2ccc(OC)c(O)c2)C(=O)c2cccnc2)c1. The molecular formula is C23H20N2O5. The molecule has 2 aromatic carbocycles. The van der Waals surface area contributed by atoms with Gasteiger partial charge in [0.25, 0.3) is 5.91 Å². The third kappa shape index (κ3) is 4.82. The number of benzene rings is 2. The zero-order valence-corrected chi connectivity index (χ0v) is 16.5. The lowest BCUT2D eigenvalue weighted by atomic mass is 10.0. The van der Waals surface area contributed by atoms with E-state index >= 15 is 0 Å². The molecule has 0 atom stereocenters. The summed E-state index contributed by atoms with van der Waals surface area (Å²) < 4.78 is 10.2. The van der Waals surface area contributed by atoms with Crippen molar-refractivity contribution in [2.45, 2.75) is 0 Å². The lowest BCUT2D eigenvalue weighted by Crippen LogP contribution is -2.21. The number of nitrogens with one attached hydrogen (secondary N) is 1. The molecule has 2 N–H and O–H groups in total. The zero-order chi connectivity index (χ0) is 21.5. The highest BCUT2D eigenvalue weighted by atomic mass is 16.5. The van der Waals surface area contributed by atoms with Crippen molar-refractivity contribution < 1.29 is 24.2 Å². The van der Waals surface area contributed by atoms with Crippen LogP contribution in [0.4, 0.5) is 5.69 Å². The first-order valence-corrected chi connectivity index (χ1v) is 9.00. The van der Waals surface area contributed by atoms with Crippen LogP contribution in [0.3, 0.4) is 0 Å². The number of pyridine rings is 1. The first kappa shape index (κ1) is 20.6. The lowest BCUT2D eigenvalue weighted by molar-refractivity contribution is -0.112. The Hall–Kier alpha value is -4.13. The Morgan fingerprint density at radius 3 is 2.53 bits per heavy atom. The number of hydrogen-bond acceptors (Lipinski definition) is 6. The van der Waals surface area contributed by atoms with Crippen LogP contribution in [-0.4, -0.2) is 36.0 Å². The van der Waals surface area contributed by atoms with Gasteiger partial charge in [-0.2, -0.15) is 0 Å². The summed E-state index contributed by atoms with van der Waals surface area (Å²) >= 11 is 0. The second kappa shape index (κ2) is 9.38. The van der Waals surface area contributed by atoms with Crippen molar-refractivity contribution in [1.29, 1.82) is 0 Å². The van der Waals surface area contributed by atoms with Crippen LogP contribution in [-0.2, 0) is 4.79 Å². The van der Waals surface area contributed by atoms with E-state index in [-0.39, 0.29) is 22.6 Å². The fourth-order valence-corrected chi connectivity index (χ4v) is 2.75. The molecule has 0 aliphatic carbocycles. The summed E-state index contributed by atoms with van der Waals surface area (Å²) in [6.07, 6.45) is 4.34. The summed E-state index contributed by atoms with van der Waals surface area (Å²) in [7, 11) is 2.96. The molecule has 0 spiro atoms. The first-order valence-electron chi connectivity index (χ1n) is 9.00. The molecule has 7 heteroatoms. The normalized spacial score (nSPS) is 10.9. The number of nitrogens with zero attached hydrogens (tertiary/aromatic N) is 1. The molecule has 0 radical (unpaired) electrons. The smallest absolute Gasteiger partial charge is 0.259 e. The highest BCUT2D eigenvalue weighted by Crippen LogP contribution is 2.28. The van der Waals surface area contributed by atoms with Crippen LogP contribution in [0.25, 0.3) is 6.08 Å². The Morgan fingerprint density at radius 2 is 1.87 bits per heavy atom. The summed E-state index contributed by atoms with van der Waals surface area (Å²) in [6, 6.07) is 14.6. The molecule has 30 heavy (non-hydrogen) atoms. The van der Waals surface area contributed by atoms with Gasteiger partial charge in [-0.05, 0) is 48.0 Å². The van der Waals surface area contributed by atoms with Gasteiger partial charge in [-0.1, -0.05) is 12.1 Å². The number of hydrogen-bond donors (Lipinski definition) is 2. The van der Waals surface area contributed by atoms with Crippen molar-refractivity contribution in [3.05, 3.63) is 83.7 Å². The van der Waals surface area contributed by atoms with Crippen LogP contribution >= 0.6 is 0 Å². The van der Waals surface area contributed by atoms with E-state index in [0.29, 0.717) is 17.0 Å². The standard InChI is InChI=1S/C23H20N2O5/c1-29-18-7-3-6-17(13-18)25-23(28)19(22(27)16-5-4-10-24-14-16)11-15-8-9-21(30-2)20(26)12-15/h3-14,26H,1-2H3,(H,25,28)/b19-11+. The number of ketones is 1. The minimum absolute atomic E-state index is 0.104. The predicted octanol–water partition coefficient (Wildman–Crippen LogP) is 3.71. The van der Waals surface area contributed by atoms with Gasteiger partial charge in [-0.3, -0.25) is 14.6 Å². The van der Waals surface area contributed by atoms with Crippen molar-refractivity contribution in [2.24, 2.45) is 0 Å². The quantitative estimate of drug-likeness (QED) is 0.270. The maximum absolute atomic E-state index is 13.0. The molecule has 1 amide bonds. The molecule has 1 aromatic heterocycles. The Balaban J connectivity index is 1.99. The third-order valence-corrected chi connectivity index (χ3v) is 4.25. The Kier molecular flexibility index (Phi) is 6.44. The largest absolute Gasteiger partial charge is 0.504 e. The molecule has 7 nitrogen and oxygen atoms in total. The topological polar surface area (TPSA) is 97.8 Å². The number of aromatic nitrogens is 1. The van der Waals surface area contributed by atoms with E-state index in [0.717, 1.165) is 0 Å². The minimum atomic E-state index is -0.604. The van der Waals surface area contributed by atoms with Crippen LogP contribution in [0.15, 0.2) is 72.6 Å². The van der Waals surface area contributed by atoms with E-state index in [1.165, 1.54) is 38.8 Å². The number of amides is 1. The average molecular weight is 404 g/mol. The zero-order valence-electron chi connectivity index (χ0n) is 16.5. The Bertz CT molecular complexity index is 1090. The van der Waals surface area contributed by atoms with E-state index in [2.05, 4.69) is 10.3 Å². The fraction of sp³-hybridized carbons (Fsp3) is 0.0870. The first-order chi connectivity index (χ1) is 14.5. The van der Waals surface area contributed by atoms with Gasteiger partial charge in [0, 0.05) is 29.7 Å². The molecule has 0 aliphatic rings. The van der Waals surface area contributed by atoms with Crippen LogP contribution < -0.4 is 14.8 Å². The van der Waals surface area contributed by atoms with Crippen LogP contribution in [0.1, 0.15) is 15.9 Å². The van der Waals surface area contributed by atoms with Gasteiger partial charge in [0.15, 0.2) is 17.3 Å². The van der Waals surface area contributed by atoms with E-state index in [1.54, 1.807) is 48.5 Å². The summed E-state index contributed by atoms with van der Waals surface area (Å²) in [4.78, 5) is 30.0. The number of carbonyl (C=O) groups is 2. The number of anilines is 1. The van der Waals surface area contributed by atoms with Crippen LogP contribution in [0.2, 0.25) is 0 Å². The van der Waals surface area contributed by atoms with Crippen molar-refractivity contribution in [3.8, 4) is 17.2 Å². The number of Topliss-reactive ketones (excluding diaryl/α,β-unsaturated/α-hetero) is 1. The summed E-state index contributed by atoms with van der Waals surface area (Å²) in [6.45, 7) is 0. The molecular weight excluding hydrogens is 384 g/mol. The number of aromatic hydroxyl groups is 1. The van der Waals surface area contributed by atoms with E-state index in [1.807, 2.05) is 0 Å². The summed E-state index contributed by atoms with van der Waals surface area (Å²) in [5.74, 6) is -0.357. The second-order valence-corrected chi connectivity index (χ2v) is 6.25. The maximum atomic E-state index is 13.0. The number of phenols is 1. The number of phenolic OH excluding ortho intramolecular Hbond substituents is 1. The molecule has 3 rings (SSSR count). The average Bonchev–Trinajstić information content (AvgIpc) is 2.77. The third-order valence-electron chi connectivity index (χ3n) is 4.25. The molecule has 0 fully saturated rings. The fourth-order valence-electron chi connectivity index (χ4n) is 2.75. The Morgan fingerprint density at radius 1 is 1.03 bits per heavy atom. The molecule has 3 aromatic rings. The summed E-state index contributed by atoms with van der Waals surface area (Å²) in [5, 5.41) is 12.7. The second-order valence-electron chi connectivity index (χ2n) is 6.25. The molecule has 0 saturated heterocycles. The molecule has 152 valence electrons. The number of ether oxygens (including phenoxy) is 2. The van der Waals surface area contributed by atoms with Crippen molar-refractivity contribution in [2.75, 3.05) is 19.5 Å². The van der Waals surface area contributed by atoms with Gasteiger partial charge in [0.1, 0.15) is 5.75 Å². The number of rotatable bonds is 7. The van der Waals surface area contributed by atoms with E-state index in [4.69, 9.17) is 9.47 Å². The minimum Gasteiger partial charge on any atom is -0.504 e. The van der Waals surface area contributed by atoms with Gasteiger partial charge in [0.05, 0.1) is 19.8 Å². The molecule has 1 heterocycles. The van der Waals surface area contributed by atoms with Gasteiger partial charge >= 0.3 is 0 Å². The van der Waals surface area contributed by atoms with Crippen molar-refractivity contribution in [1.82, 2.24) is 4.98 Å². The Labute approximate surface area is 173 Å². The molecule has 0 saturated carbocycles. The van der Waals surface area contributed by atoms with E-state index < -0.39 is 11.7 Å². The van der Waals surface area contributed by atoms with Gasteiger partial charge < -0.3 is 19.9 Å². The molecule has 0 aliphatic heterocycles. The summed E-state index contributed by atoms with van der Waals surface area (Å²) in [5.41, 5.74) is 1.08. The van der Waals surface area contributed by atoms with E-state index in [9.17, 15) is 14.7 Å². The van der Waals surface area contributed by atoms with Crippen molar-refractivity contribution >= 4 is 23.5 Å². The number of carbonyl (C=O) groups excluding carboxylic acids is 2. The highest BCUT2D eigenvalue weighted by Gasteiger charge is 2.21. The van der Waals surface area contributed by atoms with Crippen LogP contribution in [0.5, 0.6) is 17.2 Å². The molecule has 0 bridgehead atoms.